The van der Waals surface area contributed by atoms with E-state index in [2.05, 4.69) is 10.6 Å². The van der Waals surface area contributed by atoms with Crippen LogP contribution in [-0.2, 0) is 4.79 Å². The van der Waals surface area contributed by atoms with Gasteiger partial charge in [0.25, 0.3) is 0 Å². The van der Waals surface area contributed by atoms with Gasteiger partial charge in [-0.15, -0.1) is 24.8 Å². The van der Waals surface area contributed by atoms with Gasteiger partial charge in [-0.25, -0.2) is 8.78 Å². The van der Waals surface area contributed by atoms with Crippen molar-refractivity contribution in [1.29, 1.82) is 0 Å². The predicted molar refractivity (Wildman–Crippen MR) is 95.3 cm³/mol. The molecule has 24 heavy (non-hydrogen) atoms. The molecule has 2 saturated heterocycles. The van der Waals surface area contributed by atoms with Crippen LogP contribution in [0.4, 0.5) is 14.5 Å². The van der Waals surface area contributed by atoms with Crippen molar-refractivity contribution < 1.29 is 13.6 Å². The lowest BCUT2D eigenvalue weighted by molar-refractivity contribution is -0.122. The first-order chi connectivity index (χ1) is 10.6. The van der Waals surface area contributed by atoms with Gasteiger partial charge >= 0.3 is 0 Å². The van der Waals surface area contributed by atoms with E-state index in [1.54, 1.807) is 4.90 Å². The molecule has 2 aliphatic heterocycles. The Morgan fingerprint density at radius 1 is 1.25 bits per heavy atom. The number of halogens is 4. The third-order valence-corrected chi connectivity index (χ3v) is 4.40. The summed E-state index contributed by atoms with van der Waals surface area (Å²) in [4.78, 5) is 13.7. The van der Waals surface area contributed by atoms with E-state index in [1.165, 1.54) is 18.2 Å². The smallest absolute Gasteiger partial charge is 0.221 e. The number of amides is 1. The van der Waals surface area contributed by atoms with Crippen molar-refractivity contribution in [2.24, 2.45) is 0 Å². The topological polar surface area (TPSA) is 44.4 Å². The van der Waals surface area contributed by atoms with Gasteiger partial charge in [-0.1, -0.05) is 6.07 Å². The molecule has 0 aliphatic carbocycles. The number of hydrogen-bond acceptors (Lipinski definition) is 3. The molecule has 3 rings (SSSR count). The maximum absolute atomic E-state index is 13.8. The van der Waals surface area contributed by atoms with Crippen LogP contribution in [0.15, 0.2) is 18.2 Å². The van der Waals surface area contributed by atoms with E-state index in [1.807, 2.05) is 0 Å². The first kappa shape index (κ1) is 20.9. The minimum atomic E-state index is -0.554. The molecule has 0 aromatic heterocycles. The minimum absolute atomic E-state index is 0. The van der Waals surface area contributed by atoms with E-state index in [4.69, 9.17) is 0 Å². The highest BCUT2D eigenvalue weighted by molar-refractivity contribution is 5.85. The molecule has 1 amide bonds. The van der Waals surface area contributed by atoms with Crippen LogP contribution in [0.1, 0.15) is 25.7 Å². The molecule has 0 spiro atoms. The molecule has 0 saturated carbocycles. The number of benzene rings is 1. The van der Waals surface area contributed by atoms with Gasteiger partial charge in [0.15, 0.2) is 0 Å². The molecular formula is C16H23Cl2F2N3O. The molecule has 136 valence electrons. The van der Waals surface area contributed by atoms with E-state index in [0.717, 1.165) is 19.4 Å². The van der Waals surface area contributed by atoms with Gasteiger partial charge in [0.2, 0.25) is 5.91 Å². The summed E-state index contributed by atoms with van der Waals surface area (Å²) in [6.45, 7) is 1.97. The van der Waals surface area contributed by atoms with E-state index >= 15 is 0 Å². The van der Waals surface area contributed by atoms with Crippen molar-refractivity contribution in [3.05, 3.63) is 29.8 Å². The first-order valence-corrected chi connectivity index (χ1v) is 7.85. The fourth-order valence-electron chi connectivity index (χ4n) is 3.31. The van der Waals surface area contributed by atoms with Gasteiger partial charge in [-0.2, -0.15) is 0 Å². The molecule has 0 radical (unpaired) electrons. The molecule has 2 fully saturated rings. The standard InChI is InChI=1S/C16H21F2N3O.2ClH/c17-13-4-1-5-14(18)16(13)21-8-6-12(10-21)20-15(22)9-11-3-2-7-19-11;;/h1,4-5,11-12,19H,2-3,6-10H2,(H,20,22);2*1H. The maximum atomic E-state index is 13.8. The molecule has 0 bridgehead atoms. The normalized spacial score (nSPS) is 22.7. The Hall–Kier alpha value is -1.11. The molecule has 2 unspecified atom stereocenters. The quantitative estimate of drug-likeness (QED) is 0.842. The van der Waals surface area contributed by atoms with E-state index < -0.39 is 11.6 Å². The van der Waals surface area contributed by atoms with Crippen LogP contribution in [0.25, 0.3) is 0 Å². The number of carbonyl (C=O) groups excluding carboxylic acids is 1. The molecule has 2 aliphatic rings. The molecular weight excluding hydrogens is 359 g/mol. The molecule has 2 heterocycles. The third-order valence-electron chi connectivity index (χ3n) is 4.40. The summed E-state index contributed by atoms with van der Waals surface area (Å²) in [5.74, 6) is -1.09. The van der Waals surface area contributed by atoms with Crippen molar-refractivity contribution in [2.45, 2.75) is 37.8 Å². The van der Waals surface area contributed by atoms with E-state index in [0.29, 0.717) is 25.9 Å². The summed E-state index contributed by atoms with van der Waals surface area (Å²) in [6, 6.07) is 4.10. The van der Waals surface area contributed by atoms with Crippen LogP contribution in [0.2, 0.25) is 0 Å². The van der Waals surface area contributed by atoms with Crippen LogP contribution in [0, 0.1) is 11.6 Å². The summed E-state index contributed by atoms with van der Waals surface area (Å²) in [5.41, 5.74) is 0.0108. The van der Waals surface area contributed by atoms with Gasteiger partial charge in [-0.3, -0.25) is 4.79 Å². The minimum Gasteiger partial charge on any atom is -0.365 e. The van der Waals surface area contributed by atoms with Crippen molar-refractivity contribution in [2.75, 3.05) is 24.5 Å². The summed E-state index contributed by atoms with van der Waals surface area (Å²) in [5, 5.41) is 6.27. The van der Waals surface area contributed by atoms with Crippen LogP contribution in [-0.4, -0.2) is 37.6 Å². The first-order valence-electron chi connectivity index (χ1n) is 7.85. The maximum Gasteiger partial charge on any atom is 0.221 e. The number of nitrogens with zero attached hydrogens (tertiary/aromatic N) is 1. The lowest BCUT2D eigenvalue weighted by Gasteiger charge is -2.20. The highest BCUT2D eigenvalue weighted by Gasteiger charge is 2.28. The number of rotatable bonds is 4. The van der Waals surface area contributed by atoms with Gasteiger partial charge in [-0.05, 0) is 37.9 Å². The van der Waals surface area contributed by atoms with Crippen LogP contribution < -0.4 is 15.5 Å². The Morgan fingerprint density at radius 3 is 2.58 bits per heavy atom. The number of hydrogen-bond donors (Lipinski definition) is 2. The van der Waals surface area contributed by atoms with Gasteiger partial charge < -0.3 is 15.5 Å². The van der Waals surface area contributed by atoms with E-state index in [-0.39, 0.29) is 48.5 Å². The second kappa shape index (κ2) is 9.39. The Labute approximate surface area is 153 Å². The average molecular weight is 382 g/mol. The summed E-state index contributed by atoms with van der Waals surface area (Å²) < 4.78 is 27.6. The second-order valence-electron chi connectivity index (χ2n) is 6.07. The number of carbonyl (C=O) groups is 1. The summed E-state index contributed by atoms with van der Waals surface area (Å²) in [7, 11) is 0. The SMILES string of the molecule is Cl.Cl.O=C(CC1CCCN1)NC1CCN(c2c(F)cccc2F)C1. The van der Waals surface area contributed by atoms with Crippen molar-refractivity contribution in [3.63, 3.8) is 0 Å². The van der Waals surface area contributed by atoms with Crippen LogP contribution in [0.5, 0.6) is 0 Å². The number of nitrogens with one attached hydrogen (secondary N) is 2. The van der Waals surface area contributed by atoms with Crippen LogP contribution in [0.3, 0.4) is 0 Å². The second-order valence-corrected chi connectivity index (χ2v) is 6.07. The lowest BCUT2D eigenvalue weighted by atomic mass is 10.1. The van der Waals surface area contributed by atoms with Crippen molar-refractivity contribution >= 4 is 36.4 Å². The molecule has 4 nitrogen and oxygen atoms in total. The average Bonchev–Trinajstić information content (AvgIpc) is 3.11. The van der Waals surface area contributed by atoms with Crippen LogP contribution >= 0.6 is 24.8 Å². The molecule has 8 heteroatoms. The number of anilines is 1. The van der Waals surface area contributed by atoms with E-state index in [9.17, 15) is 13.6 Å². The molecule has 1 aromatic rings. The largest absolute Gasteiger partial charge is 0.365 e. The predicted octanol–water partition coefficient (Wildman–Crippen LogP) is 2.65. The summed E-state index contributed by atoms with van der Waals surface area (Å²) >= 11 is 0. The molecule has 1 aromatic carbocycles. The van der Waals surface area contributed by atoms with Gasteiger partial charge in [0.05, 0.1) is 0 Å². The Bertz CT molecular complexity index is 536. The summed E-state index contributed by atoms with van der Waals surface area (Å²) in [6.07, 6.45) is 3.33. The van der Waals surface area contributed by atoms with Crippen molar-refractivity contribution in [1.82, 2.24) is 10.6 Å². The zero-order valence-corrected chi connectivity index (χ0v) is 14.9. The van der Waals surface area contributed by atoms with Crippen molar-refractivity contribution in [3.8, 4) is 0 Å². The monoisotopic (exact) mass is 381 g/mol. The molecule has 2 N–H and O–H groups in total. The molecule has 2 atom stereocenters. The zero-order chi connectivity index (χ0) is 15.5. The number of para-hydroxylation sites is 1. The highest BCUT2D eigenvalue weighted by Crippen LogP contribution is 2.26. The Balaban J connectivity index is 0.00000144. The Morgan fingerprint density at radius 2 is 1.96 bits per heavy atom. The lowest BCUT2D eigenvalue weighted by Crippen LogP contribution is -2.40. The Kier molecular flexibility index (Phi) is 8.19. The van der Waals surface area contributed by atoms with Gasteiger partial charge in [0.1, 0.15) is 17.3 Å². The fourth-order valence-corrected chi connectivity index (χ4v) is 3.31. The fraction of sp³-hybridized carbons (Fsp3) is 0.562. The zero-order valence-electron chi connectivity index (χ0n) is 13.3. The van der Waals surface area contributed by atoms with Gasteiger partial charge in [0, 0.05) is 31.6 Å². The third kappa shape index (κ3) is 4.94. The highest BCUT2D eigenvalue weighted by atomic mass is 35.5.